The lowest BCUT2D eigenvalue weighted by molar-refractivity contribution is -0.134. The zero-order chi connectivity index (χ0) is 24.1. The first-order valence-corrected chi connectivity index (χ1v) is 14.3. The number of nitrogens with zero attached hydrogens (tertiary/aromatic N) is 1. The first kappa shape index (κ1) is 25.6. The molecule has 1 aliphatic heterocycles. The molecular formula is C22H31N3O6S2. The van der Waals surface area contributed by atoms with E-state index in [4.69, 9.17) is 5.73 Å². The van der Waals surface area contributed by atoms with Crippen LogP contribution in [0, 0.1) is 0 Å². The Morgan fingerprint density at radius 2 is 1.85 bits per heavy atom. The lowest BCUT2D eigenvalue weighted by atomic mass is 10.1. The third-order valence-electron chi connectivity index (χ3n) is 5.83. The number of aliphatic hydroxyl groups is 1. The highest BCUT2D eigenvalue weighted by molar-refractivity contribution is 7.91. The largest absolute Gasteiger partial charge is 0.394 e. The number of hydrogen-bond acceptors (Lipinski definition) is 7. The summed E-state index contributed by atoms with van der Waals surface area (Å²) in [6.07, 6.45) is 2.20. The monoisotopic (exact) mass is 497 g/mol. The molecule has 2 atom stereocenters. The van der Waals surface area contributed by atoms with E-state index in [0.717, 1.165) is 10.8 Å². The molecule has 0 aliphatic carbocycles. The van der Waals surface area contributed by atoms with Crippen molar-refractivity contribution in [1.82, 2.24) is 9.62 Å². The summed E-state index contributed by atoms with van der Waals surface area (Å²) >= 11 is 0. The maximum atomic E-state index is 13.1. The Kier molecular flexibility index (Phi) is 8.46. The van der Waals surface area contributed by atoms with Crippen LogP contribution >= 0.6 is 0 Å². The van der Waals surface area contributed by atoms with Crippen LogP contribution in [0.25, 0.3) is 10.8 Å². The molecular weight excluding hydrogens is 466 g/mol. The van der Waals surface area contributed by atoms with Crippen molar-refractivity contribution < 1.29 is 26.7 Å². The van der Waals surface area contributed by atoms with Gasteiger partial charge in [0.05, 0.1) is 23.0 Å². The van der Waals surface area contributed by atoms with Crippen LogP contribution in [0.1, 0.15) is 25.7 Å². The minimum atomic E-state index is -4.09. The Bertz CT molecular complexity index is 1180. The van der Waals surface area contributed by atoms with Gasteiger partial charge in [-0.2, -0.15) is 4.72 Å². The number of unbranched alkanes of at least 4 members (excludes halogenated alkanes) is 1. The van der Waals surface area contributed by atoms with Gasteiger partial charge in [0.15, 0.2) is 9.84 Å². The molecule has 0 spiro atoms. The number of likely N-dealkylation sites (tertiary alicyclic amines) is 1. The van der Waals surface area contributed by atoms with E-state index in [1.165, 1.54) is 17.0 Å². The van der Waals surface area contributed by atoms with Crippen LogP contribution in [0.3, 0.4) is 0 Å². The summed E-state index contributed by atoms with van der Waals surface area (Å²) in [7, 11) is -7.48. The number of carbonyl (C=O) groups excluding carboxylic acids is 1. The number of sulfone groups is 1. The number of benzene rings is 2. The topological polar surface area (TPSA) is 147 Å². The maximum absolute atomic E-state index is 13.1. The molecule has 1 saturated heterocycles. The summed E-state index contributed by atoms with van der Waals surface area (Å²) in [6.45, 7) is -0.00672. The van der Waals surface area contributed by atoms with Crippen LogP contribution in [0.2, 0.25) is 0 Å². The molecule has 1 fully saturated rings. The van der Waals surface area contributed by atoms with Crippen LogP contribution in [-0.4, -0.2) is 76.0 Å². The Morgan fingerprint density at radius 1 is 1.12 bits per heavy atom. The van der Waals surface area contributed by atoms with Gasteiger partial charge in [-0.05, 0) is 55.1 Å². The normalized spacial score (nSPS) is 18.0. The van der Waals surface area contributed by atoms with E-state index in [1.807, 2.05) is 12.1 Å². The van der Waals surface area contributed by atoms with E-state index in [9.17, 15) is 26.7 Å². The molecule has 1 aliphatic rings. The van der Waals surface area contributed by atoms with Gasteiger partial charge < -0.3 is 15.7 Å². The first-order valence-electron chi connectivity index (χ1n) is 11.0. The van der Waals surface area contributed by atoms with Crippen molar-refractivity contribution >= 4 is 36.5 Å². The van der Waals surface area contributed by atoms with Gasteiger partial charge in [0, 0.05) is 12.6 Å². The Balaban J connectivity index is 1.72. The van der Waals surface area contributed by atoms with Crippen molar-refractivity contribution in [3.8, 4) is 0 Å². The quantitative estimate of drug-likeness (QED) is 0.386. The van der Waals surface area contributed by atoms with Gasteiger partial charge in [0.25, 0.3) is 0 Å². The second-order valence-electron chi connectivity index (χ2n) is 8.30. The lowest BCUT2D eigenvalue weighted by Crippen LogP contribution is -2.52. The second kappa shape index (κ2) is 10.9. The number of sulfonamides is 1. The van der Waals surface area contributed by atoms with E-state index in [2.05, 4.69) is 4.72 Å². The van der Waals surface area contributed by atoms with Crippen molar-refractivity contribution in [2.24, 2.45) is 5.73 Å². The molecule has 11 heteroatoms. The Hall–Kier alpha value is -2.05. The van der Waals surface area contributed by atoms with Crippen molar-refractivity contribution in [3.05, 3.63) is 42.5 Å². The SMILES string of the molecule is NCCCCS(=O)(=O)C[C@@H]1CCCN1C(=O)[C@@H](CO)NS(=O)(=O)c1ccc2ccccc2c1. The highest BCUT2D eigenvalue weighted by atomic mass is 32.2. The number of carbonyl (C=O) groups is 1. The summed E-state index contributed by atoms with van der Waals surface area (Å²) in [6, 6.07) is 9.96. The number of aliphatic hydroxyl groups excluding tert-OH is 1. The van der Waals surface area contributed by atoms with Crippen molar-refractivity contribution in [3.63, 3.8) is 0 Å². The molecule has 182 valence electrons. The van der Waals surface area contributed by atoms with Crippen LogP contribution in [-0.2, 0) is 24.7 Å². The van der Waals surface area contributed by atoms with E-state index < -0.39 is 44.5 Å². The van der Waals surface area contributed by atoms with Crippen LogP contribution < -0.4 is 10.5 Å². The molecule has 0 unspecified atom stereocenters. The molecule has 4 N–H and O–H groups in total. The molecule has 0 saturated carbocycles. The predicted molar refractivity (Wildman–Crippen MR) is 127 cm³/mol. The Labute approximate surface area is 194 Å². The molecule has 0 aromatic heterocycles. The maximum Gasteiger partial charge on any atom is 0.243 e. The standard InChI is InChI=1S/C22H31N3O6S2/c23-11-3-4-13-32(28,29)16-19-8-5-12-25(19)22(27)21(15-26)24-33(30,31)20-10-9-17-6-1-2-7-18(17)14-20/h1-2,6-7,9-10,14,19,21,24,26H,3-5,8,11-13,15-16,23H2/t19-,21+/m0/s1. The zero-order valence-electron chi connectivity index (χ0n) is 18.4. The first-order chi connectivity index (χ1) is 15.7. The summed E-state index contributed by atoms with van der Waals surface area (Å²) in [5.41, 5.74) is 5.42. The van der Waals surface area contributed by atoms with Gasteiger partial charge in [0.1, 0.15) is 6.04 Å². The minimum Gasteiger partial charge on any atom is -0.394 e. The van der Waals surface area contributed by atoms with Crippen LogP contribution in [0.5, 0.6) is 0 Å². The van der Waals surface area contributed by atoms with Crippen molar-refractivity contribution in [2.45, 2.75) is 42.7 Å². The second-order valence-corrected chi connectivity index (χ2v) is 12.2. The van der Waals surface area contributed by atoms with Gasteiger partial charge in [-0.3, -0.25) is 4.79 Å². The molecule has 3 rings (SSSR count). The summed E-state index contributed by atoms with van der Waals surface area (Å²) < 4.78 is 53.0. The average molecular weight is 498 g/mol. The van der Waals surface area contributed by atoms with E-state index in [-0.39, 0.29) is 16.4 Å². The third-order valence-corrected chi connectivity index (χ3v) is 9.10. The molecule has 0 radical (unpaired) electrons. The number of hydrogen-bond donors (Lipinski definition) is 3. The fourth-order valence-electron chi connectivity index (χ4n) is 4.10. The van der Waals surface area contributed by atoms with Gasteiger partial charge in [0.2, 0.25) is 15.9 Å². The summed E-state index contributed by atoms with van der Waals surface area (Å²) in [5.74, 6) is -0.805. The highest BCUT2D eigenvalue weighted by Crippen LogP contribution is 2.22. The van der Waals surface area contributed by atoms with Crippen LogP contribution in [0.15, 0.2) is 47.4 Å². The highest BCUT2D eigenvalue weighted by Gasteiger charge is 2.37. The molecule has 1 heterocycles. The molecule has 2 aromatic carbocycles. The zero-order valence-corrected chi connectivity index (χ0v) is 20.0. The van der Waals surface area contributed by atoms with Crippen molar-refractivity contribution in [2.75, 3.05) is 31.2 Å². The predicted octanol–water partition coefficient (Wildman–Crippen LogP) is 0.624. The minimum absolute atomic E-state index is 0.000746. The van der Waals surface area contributed by atoms with Gasteiger partial charge >= 0.3 is 0 Å². The van der Waals surface area contributed by atoms with Gasteiger partial charge in [-0.15, -0.1) is 0 Å². The fraction of sp³-hybridized carbons (Fsp3) is 0.500. The fourth-order valence-corrected chi connectivity index (χ4v) is 7.06. The number of rotatable bonds is 11. The number of fused-ring (bicyclic) bond motifs is 1. The summed E-state index contributed by atoms with van der Waals surface area (Å²) in [5, 5.41) is 11.4. The van der Waals surface area contributed by atoms with Crippen LogP contribution in [0.4, 0.5) is 0 Å². The average Bonchev–Trinajstić information content (AvgIpc) is 3.24. The Morgan fingerprint density at radius 3 is 2.55 bits per heavy atom. The summed E-state index contributed by atoms with van der Waals surface area (Å²) in [4.78, 5) is 14.4. The molecule has 9 nitrogen and oxygen atoms in total. The van der Waals surface area contributed by atoms with E-state index >= 15 is 0 Å². The molecule has 1 amide bonds. The molecule has 0 bridgehead atoms. The third kappa shape index (κ3) is 6.51. The number of amides is 1. The number of nitrogens with two attached hydrogens (primary N) is 1. The lowest BCUT2D eigenvalue weighted by Gasteiger charge is -2.28. The van der Waals surface area contributed by atoms with E-state index in [0.29, 0.717) is 38.8 Å². The van der Waals surface area contributed by atoms with Gasteiger partial charge in [-0.1, -0.05) is 30.3 Å². The van der Waals surface area contributed by atoms with Gasteiger partial charge in [-0.25, -0.2) is 16.8 Å². The molecule has 33 heavy (non-hydrogen) atoms. The number of nitrogens with one attached hydrogen (secondary N) is 1. The molecule has 2 aromatic rings. The smallest absolute Gasteiger partial charge is 0.243 e. The van der Waals surface area contributed by atoms with Crippen molar-refractivity contribution in [1.29, 1.82) is 0 Å². The van der Waals surface area contributed by atoms with E-state index in [1.54, 1.807) is 18.2 Å².